The Kier molecular flexibility index (Phi) is 3.60. The fourth-order valence-electron chi connectivity index (χ4n) is 2.15. The highest BCUT2D eigenvalue weighted by molar-refractivity contribution is 5.17. The number of nitrogens with zero attached hydrogens (tertiary/aromatic N) is 3. The largest absolute Gasteiger partial charge is 0.467 e. The summed E-state index contributed by atoms with van der Waals surface area (Å²) in [6.45, 7) is 0.700. The molecule has 0 radical (unpaired) electrons. The Balaban J connectivity index is 1.82. The van der Waals surface area contributed by atoms with E-state index in [2.05, 4.69) is 15.3 Å². The zero-order valence-electron chi connectivity index (χ0n) is 11.2. The standard InChI is InChI=1S/C15H16N4O/c1-19-8-7-17-15(19)14(13-5-3-9-20-13)18-11-12-4-2-6-16-10-12/h2-10,14,18H,11H2,1H3. The van der Waals surface area contributed by atoms with Gasteiger partial charge in [-0.1, -0.05) is 6.07 Å². The van der Waals surface area contributed by atoms with Gasteiger partial charge in [-0.3, -0.25) is 10.3 Å². The Bertz CT molecular complexity index is 646. The number of aromatic nitrogens is 3. The molecule has 3 heterocycles. The number of hydrogen-bond acceptors (Lipinski definition) is 4. The Labute approximate surface area is 117 Å². The van der Waals surface area contributed by atoms with Crippen LogP contribution in [0.3, 0.4) is 0 Å². The van der Waals surface area contributed by atoms with Crippen LogP contribution >= 0.6 is 0 Å². The van der Waals surface area contributed by atoms with Crippen molar-refractivity contribution in [2.24, 2.45) is 7.05 Å². The van der Waals surface area contributed by atoms with E-state index in [0.717, 1.165) is 17.1 Å². The third kappa shape index (κ3) is 2.62. The van der Waals surface area contributed by atoms with Gasteiger partial charge in [0.1, 0.15) is 17.6 Å². The van der Waals surface area contributed by atoms with Gasteiger partial charge < -0.3 is 8.98 Å². The van der Waals surface area contributed by atoms with Crippen molar-refractivity contribution in [3.63, 3.8) is 0 Å². The summed E-state index contributed by atoms with van der Waals surface area (Å²) >= 11 is 0. The lowest BCUT2D eigenvalue weighted by molar-refractivity contribution is 0.429. The van der Waals surface area contributed by atoms with Gasteiger partial charge in [-0.05, 0) is 23.8 Å². The van der Waals surface area contributed by atoms with Crippen molar-refractivity contribution in [1.82, 2.24) is 19.9 Å². The van der Waals surface area contributed by atoms with Crippen molar-refractivity contribution >= 4 is 0 Å². The molecule has 0 aromatic carbocycles. The predicted octanol–water partition coefficient (Wildman–Crippen LogP) is 2.29. The monoisotopic (exact) mass is 268 g/mol. The number of hydrogen-bond donors (Lipinski definition) is 1. The Hall–Kier alpha value is -2.40. The first-order valence-electron chi connectivity index (χ1n) is 6.47. The average Bonchev–Trinajstić information content (AvgIpc) is 3.13. The van der Waals surface area contributed by atoms with E-state index >= 15 is 0 Å². The van der Waals surface area contributed by atoms with Crippen LogP contribution in [-0.2, 0) is 13.6 Å². The van der Waals surface area contributed by atoms with E-state index in [0.29, 0.717) is 6.54 Å². The smallest absolute Gasteiger partial charge is 0.133 e. The van der Waals surface area contributed by atoms with Gasteiger partial charge >= 0.3 is 0 Å². The molecule has 0 aliphatic heterocycles. The molecule has 3 aromatic rings. The number of rotatable bonds is 5. The van der Waals surface area contributed by atoms with Gasteiger partial charge in [0.25, 0.3) is 0 Å². The second kappa shape index (κ2) is 5.71. The summed E-state index contributed by atoms with van der Waals surface area (Å²) in [7, 11) is 1.98. The van der Waals surface area contributed by atoms with E-state index in [1.54, 1.807) is 18.7 Å². The molecule has 0 fully saturated rings. The molecule has 3 aromatic heterocycles. The molecule has 0 aliphatic rings. The van der Waals surface area contributed by atoms with E-state index < -0.39 is 0 Å². The van der Waals surface area contributed by atoms with E-state index in [9.17, 15) is 0 Å². The summed E-state index contributed by atoms with van der Waals surface area (Å²) in [4.78, 5) is 8.53. The van der Waals surface area contributed by atoms with Crippen LogP contribution < -0.4 is 5.32 Å². The van der Waals surface area contributed by atoms with Crippen LogP contribution in [0.5, 0.6) is 0 Å². The Morgan fingerprint density at radius 1 is 1.30 bits per heavy atom. The van der Waals surface area contributed by atoms with Crippen molar-refractivity contribution in [2.75, 3.05) is 0 Å². The maximum atomic E-state index is 5.53. The van der Waals surface area contributed by atoms with Gasteiger partial charge in [-0.2, -0.15) is 0 Å². The molecule has 0 saturated heterocycles. The first-order valence-corrected chi connectivity index (χ1v) is 6.47. The zero-order chi connectivity index (χ0) is 13.8. The summed E-state index contributed by atoms with van der Waals surface area (Å²) < 4.78 is 7.52. The van der Waals surface area contributed by atoms with Crippen molar-refractivity contribution in [2.45, 2.75) is 12.6 Å². The highest BCUT2D eigenvalue weighted by Crippen LogP contribution is 2.21. The van der Waals surface area contributed by atoms with Gasteiger partial charge in [0.2, 0.25) is 0 Å². The van der Waals surface area contributed by atoms with Crippen molar-refractivity contribution < 1.29 is 4.42 Å². The summed E-state index contributed by atoms with van der Waals surface area (Å²) in [5.41, 5.74) is 1.12. The predicted molar refractivity (Wildman–Crippen MR) is 74.8 cm³/mol. The summed E-state index contributed by atoms with van der Waals surface area (Å²) in [6, 6.07) is 7.73. The lowest BCUT2D eigenvalue weighted by Crippen LogP contribution is -2.24. The third-order valence-corrected chi connectivity index (χ3v) is 3.18. The molecule has 3 rings (SSSR count). The van der Waals surface area contributed by atoms with Gasteiger partial charge in [-0.15, -0.1) is 0 Å². The number of imidazole rings is 1. The van der Waals surface area contributed by atoms with Gasteiger partial charge in [0, 0.05) is 38.4 Å². The highest BCUT2D eigenvalue weighted by atomic mass is 16.3. The maximum absolute atomic E-state index is 5.53. The van der Waals surface area contributed by atoms with E-state index in [4.69, 9.17) is 4.42 Å². The van der Waals surface area contributed by atoms with Crippen LogP contribution in [0.25, 0.3) is 0 Å². The molecule has 1 unspecified atom stereocenters. The van der Waals surface area contributed by atoms with Gasteiger partial charge in [0.05, 0.1) is 6.26 Å². The fraction of sp³-hybridized carbons (Fsp3) is 0.200. The Morgan fingerprint density at radius 2 is 2.25 bits per heavy atom. The SMILES string of the molecule is Cn1ccnc1C(NCc1cccnc1)c1ccco1. The highest BCUT2D eigenvalue weighted by Gasteiger charge is 2.20. The molecular formula is C15H16N4O. The van der Waals surface area contributed by atoms with Crippen LogP contribution in [0.15, 0.2) is 59.7 Å². The molecule has 20 heavy (non-hydrogen) atoms. The fourth-order valence-corrected chi connectivity index (χ4v) is 2.15. The second-order valence-corrected chi connectivity index (χ2v) is 4.59. The minimum atomic E-state index is -0.0785. The van der Waals surface area contributed by atoms with E-state index in [-0.39, 0.29) is 6.04 Å². The molecule has 5 heteroatoms. The van der Waals surface area contributed by atoms with Gasteiger partial charge in [0.15, 0.2) is 0 Å². The molecule has 1 N–H and O–H groups in total. The number of aryl methyl sites for hydroxylation is 1. The van der Waals surface area contributed by atoms with E-state index in [1.807, 2.05) is 48.3 Å². The first kappa shape index (κ1) is 12.6. The molecule has 0 bridgehead atoms. The van der Waals surface area contributed by atoms with E-state index in [1.165, 1.54) is 0 Å². The van der Waals surface area contributed by atoms with Gasteiger partial charge in [-0.25, -0.2) is 4.98 Å². The molecule has 0 saturated carbocycles. The number of nitrogens with one attached hydrogen (secondary N) is 1. The summed E-state index contributed by atoms with van der Waals surface area (Å²) in [6.07, 6.45) is 9.02. The molecule has 5 nitrogen and oxygen atoms in total. The summed E-state index contributed by atoms with van der Waals surface area (Å²) in [5, 5.41) is 3.46. The minimum Gasteiger partial charge on any atom is -0.467 e. The first-order chi connectivity index (χ1) is 9.84. The summed E-state index contributed by atoms with van der Waals surface area (Å²) in [5.74, 6) is 1.77. The van der Waals surface area contributed by atoms with Crippen molar-refractivity contribution in [1.29, 1.82) is 0 Å². The molecule has 0 spiro atoms. The topological polar surface area (TPSA) is 55.9 Å². The van der Waals surface area contributed by atoms with Crippen LogP contribution in [0, 0.1) is 0 Å². The quantitative estimate of drug-likeness (QED) is 0.771. The van der Waals surface area contributed by atoms with Crippen LogP contribution in [0.2, 0.25) is 0 Å². The average molecular weight is 268 g/mol. The molecular weight excluding hydrogens is 252 g/mol. The van der Waals surface area contributed by atoms with Crippen LogP contribution in [0.4, 0.5) is 0 Å². The van der Waals surface area contributed by atoms with Crippen LogP contribution in [-0.4, -0.2) is 14.5 Å². The maximum Gasteiger partial charge on any atom is 0.133 e. The Morgan fingerprint density at radius 3 is 2.90 bits per heavy atom. The second-order valence-electron chi connectivity index (χ2n) is 4.59. The minimum absolute atomic E-state index is 0.0785. The number of pyridine rings is 1. The zero-order valence-corrected chi connectivity index (χ0v) is 11.2. The van der Waals surface area contributed by atoms with Crippen LogP contribution in [0.1, 0.15) is 23.2 Å². The molecule has 102 valence electrons. The van der Waals surface area contributed by atoms with Crippen molar-refractivity contribution in [3.8, 4) is 0 Å². The lowest BCUT2D eigenvalue weighted by Gasteiger charge is -2.16. The molecule has 1 atom stereocenters. The molecule has 0 amide bonds. The van der Waals surface area contributed by atoms with Crippen molar-refractivity contribution in [3.05, 3.63) is 72.5 Å². The third-order valence-electron chi connectivity index (χ3n) is 3.18. The molecule has 0 aliphatic carbocycles. The normalized spacial score (nSPS) is 12.4. The number of furan rings is 1. The lowest BCUT2D eigenvalue weighted by atomic mass is 10.2.